The predicted molar refractivity (Wildman–Crippen MR) is 80.9 cm³/mol. The number of carbonyl (C=O) groups is 1. The first-order chi connectivity index (χ1) is 10.0. The maximum Gasteiger partial charge on any atom is 0.143 e. The number of carbonyl (C=O) groups excluding carboxylic acids is 1. The molecule has 0 heterocycles. The van der Waals surface area contributed by atoms with Gasteiger partial charge < -0.3 is 10.7 Å². The van der Waals surface area contributed by atoms with Crippen LogP contribution in [0.1, 0.15) is 26.2 Å². The van der Waals surface area contributed by atoms with Crippen molar-refractivity contribution in [2.24, 2.45) is 5.41 Å². The van der Waals surface area contributed by atoms with Crippen molar-refractivity contribution >= 4 is 17.7 Å². The molecular weight excluding hydrogens is 267 g/mol. The molecule has 0 spiro atoms. The standard InChI is InChI=1S/C17H17FN2O/c1-17-9-11(10-19)15(8-12(17)2-7-16(17)21)20-14-5-3-13(18)4-6-14/h3-6,8,10,19-20H,2,7,9H2,1H3. The van der Waals surface area contributed by atoms with E-state index in [1.165, 1.54) is 18.3 Å². The highest BCUT2D eigenvalue weighted by Crippen LogP contribution is 2.47. The number of halogens is 1. The normalized spacial score (nSPS) is 24.7. The molecule has 1 aromatic rings. The zero-order valence-corrected chi connectivity index (χ0v) is 11.9. The van der Waals surface area contributed by atoms with E-state index < -0.39 is 5.41 Å². The number of hydrogen-bond donors (Lipinski definition) is 2. The molecule has 0 saturated heterocycles. The molecule has 3 nitrogen and oxygen atoms in total. The van der Waals surface area contributed by atoms with Crippen molar-refractivity contribution in [3.8, 4) is 0 Å². The molecule has 3 rings (SSSR count). The Kier molecular flexibility index (Phi) is 3.24. The van der Waals surface area contributed by atoms with Crippen molar-refractivity contribution in [1.29, 1.82) is 5.41 Å². The van der Waals surface area contributed by atoms with E-state index in [0.717, 1.165) is 29.0 Å². The Morgan fingerprint density at radius 2 is 2.00 bits per heavy atom. The molecule has 4 heteroatoms. The highest BCUT2D eigenvalue weighted by Gasteiger charge is 2.44. The molecule has 1 fully saturated rings. The second-order valence-electron chi connectivity index (χ2n) is 5.82. The van der Waals surface area contributed by atoms with Crippen LogP contribution in [0.15, 0.2) is 47.2 Å². The number of hydrogen-bond acceptors (Lipinski definition) is 3. The molecule has 0 aromatic heterocycles. The van der Waals surface area contributed by atoms with Crippen molar-refractivity contribution in [3.05, 3.63) is 53.0 Å². The van der Waals surface area contributed by atoms with Crippen LogP contribution in [0, 0.1) is 16.6 Å². The van der Waals surface area contributed by atoms with E-state index in [2.05, 4.69) is 5.32 Å². The van der Waals surface area contributed by atoms with Crippen LogP contribution in [-0.4, -0.2) is 12.0 Å². The lowest BCUT2D eigenvalue weighted by Crippen LogP contribution is -2.28. The smallest absolute Gasteiger partial charge is 0.143 e. The number of anilines is 1. The summed E-state index contributed by atoms with van der Waals surface area (Å²) in [6.45, 7) is 1.96. The van der Waals surface area contributed by atoms with Crippen molar-refractivity contribution in [3.63, 3.8) is 0 Å². The summed E-state index contributed by atoms with van der Waals surface area (Å²) >= 11 is 0. The average Bonchev–Trinajstić information content (AvgIpc) is 2.76. The summed E-state index contributed by atoms with van der Waals surface area (Å²) in [4.78, 5) is 12.1. The zero-order chi connectivity index (χ0) is 15.0. The molecule has 1 unspecified atom stereocenters. The quantitative estimate of drug-likeness (QED) is 0.829. The van der Waals surface area contributed by atoms with E-state index in [-0.39, 0.29) is 11.6 Å². The van der Waals surface area contributed by atoms with Gasteiger partial charge in [0.25, 0.3) is 0 Å². The first kappa shape index (κ1) is 13.7. The molecular formula is C17H17FN2O. The number of allylic oxidation sites excluding steroid dienone is 3. The van der Waals surface area contributed by atoms with Gasteiger partial charge in [0.15, 0.2) is 0 Å². The number of rotatable bonds is 3. The van der Waals surface area contributed by atoms with Crippen LogP contribution < -0.4 is 5.32 Å². The molecule has 21 heavy (non-hydrogen) atoms. The largest absolute Gasteiger partial charge is 0.355 e. The Labute approximate surface area is 123 Å². The molecule has 1 atom stereocenters. The lowest BCUT2D eigenvalue weighted by atomic mass is 9.74. The lowest BCUT2D eigenvalue weighted by molar-refractivity contribution is -0.123. The molecule has 2 aliphatic carbocycles. The minimum Gasteiger partial charge on any atom is -0.355 e. The van der Waals surface area contributed by atoms with E-state index in [9.17, 15) is 9.18 Å². The second-order valence-corrected chi connectivity index (χ2v) is 5.82. The monoisotopic (exact) mass is 284 g/mol. The molecule has 1 aromatic carbocycles. The molecule has 0 bridgehead atoms. The van der Waals surface area contributed by atoms with Gasteiger partial charge >= 0.3 is 0 Å². The number of benzene rings is 1. The van der Waals surface area contributed by atoms with E-state index in [1.807, 2.05) is 13.0 Å². The molecule has 0 radical (unpaired) electrons. The van der Waals surface area contributed by atoms with Crippen LogP contribution in [0.25, 0.3) is 0 Å². The maximum absolute atomic E-state index is 13.0. The summed E-state index contributed by atoms with van der Waals surface area (Å²) in [5.74, 6) is -0.0216. The van der Waals surface area contributed by atoms with Crippen LogP contribution in [0.2, 0.25) is 0 Å². The minimum atomic E-state index is -0.444. The Morgan fingerprint density at radius 1 is 1.29 bits per heavy atom. The first-order valence-corrected chi connectivity index (χ1v) is 7.03. The predicted octanol–water partition coefficient (Wildman–Crippen LogP) is 3.84. The van der Waals surface area contributed by atoms with Gasteiger partial charge in [0.1, 0.15) is 11.6 Å². The van der Waals surface area contributed by atoms with E-state index >= 15 is 0 Å². The molecule has 0 aliphatic heterocycles. The van der Waals surface area contributed by atoms with Gasteiger partial charge in [0.2, 0.25) is 0 Å². The third-order valence-electron chi connectivity index (χ3n) is 4.45. The van der Waals surface area contributed by atoms with Gasteiger partial charge in [0, 0.05) is 24.0 Å². The third-order valence-corrected chi connectivity index (χ3v) is 4.45. The van der Waals surface area contributed by atoms with Gasteiger partial charge in [0.05, 0.1) is 5.41 Å². The lowest BCUT2D eigenvalue weighted by Gasteiger charge is -2.30. The Hall–Kier alpha value is -2.23. The van der Waals surface area contributed by atoms with Crippen LogP contribution in [0.3, 0.4) is 0 Å². The maximum atomic E-state index is 13.0. The summed E-state index contributed by atoms with van der Waals surface area (Å²) in [6, 6.07) is 6.12. The average molecular weight is 284 g/mol. The summed E-state index contributed by atoms with van der Waals surface area (Å²) < 4.78 is 13.0. The first-order valence-electron chi connectivity index (χ1n) is 7.03. The summed E-state index contributed by atoms with van der Waals surface area (Å²) in [6.07, 6.45) is 5.21. The number of ketones is 1. The fourth-order valence-corrected chi connectivity index (χ4v) is 3.10. The number of nitrogens with one attached hydrogen (secondary N) is 2. The molecule has 1 saturated carbocycles. The van der Waals surface area contributed by atoms with E-state index in [0.29, 0.717) is 12.8 Å². The minimum absolute atomic E-state index is 0.258. The molecule has 2 N–H and O–H groups in total. The van der Waals surface area contributed by atoms with Crippen molar-refractivity contribution in [2.75, 3.05) is 5.32 Å². The summed E-state index contributed by atoms with van der Waals surface area (Å²) in [7, 11) is 0. The van der Waals surface area contributed by atoms with Gasteiger partial charge in [-0.15, -0.1) is 0 Å². The van der Waals surface area contributed by atoms with Crippen molar-refractivity contribution in [1.82, 2.24) is 0 Å². The fourth-order valence-electron chi connectivity index (χ4n) is 3.10. The molecule has 108 valence electrons. The van der Waals surface area contributed by atoms with E-state index in [1.54, 1.807) is 12.1 Å². The topological polar surface area (TPSA) is 53.0 Å². The van der Waals surface area contributed by atoms with Gasteiger partial charge in [-0.25, -0.2) is 4.39 Å². The van der Waals surface area contributed by atoms with Gasteiger partial charge in [-0.1, -0.05) is 5.57 Å². The second kappa shape index (κ2) is 4.95. The van der Waals surface area contributed by atoms with E-state index in [4.69, 9.17) is 5.41 Å². The summed E-state index contributed by atoms with van der Waals surface area (Å²) in [5.41, 5.74) is 3.10. The van der Waals surface area contributed by atoms with Crippen LogP contribution in [0.5, 0.6) is 0 Å². The van der Waals surface area contributed by atoms with Gasteiger partial charge in [-0.05, 0) is 55.7 Å². The molecule has 0 amide bonds. The molecule has 2 aliphatic rings. The SMILES string of the molecule is CC12CC(C=N)=C(Nc3ccc(F)cc3)C=C1CCC2=O. The number of Topliss-reactive ketones (excluding diaryl/α,β-unsaturated/α-hetero) is 1. The van der Waals surface area contributed by atoms with Crippen molar-refractivity contribution in [2.45, 2.75) is 26.2 Å². The number of fused-ring (bicyclic) bond motifs is 1. The zero-order valence-electron chi connectivity index (χ0n) is 11.9. The Balaban J connectivity index is 1.94. The highest BCUT2D eigenvalue weighted by atomic mass is 19.1. The van der Waals surface area contributed by atoms with Crippen LogP contribution >= 0.6 is 0 Å². The highest BCUT2D eigenvalue weighted by molar-refractivity contribution is 5.94. The van der Waals surface area contributed by atoms with Crippen molar-refractivity contribution < 1.29 is 9.18 Å². The third kappa shape index (κ3) is 2.31. The van der Waals surface area contributed by atoms with Gasteiger partial charge in [-0.3, -0.25) is 4.79 Å². The van der Waals surface area contributed by atoms with Crippen LogP contribution in [-0.2, 0) is 4.79 Å². The summed E-state index contributed by atoms with van der Waals surface area (Å²) in [5, 5.41) is 10.8. The Bertz CT molecular complexity index is 673. The Morgan fingerprint density at radius 3 is 2.67 bits per heavy atom. The fraction of sp³-hybridized carbons (Fsp3) is 0.294. The van der Waals surface area contributed by atoms with Gasteiger partial charge in [-0.2, -0.15) is 0 Å². The van der Waals surface area contributed by atoms with Crippen LogP contribution in [0.4, 0.5) is 10.1 Å².